The molecule has 1 aliphatic rings. The maximum absolute atomic E-state index is 10.8. The van der Waals surface area contributed by atoms with Crippen LogP contribution in [0.1, 0.15) is 13.3 Å². The molecule has 0 N–H and O–H groups in total. The average Bonchev–Trinajstić information content (AvgIpc) is 2.63. The van der Waals surface area contributed by atoms with Gasteiger partial charge >= 0.3 is 11.9 Å². The second kappa shape index (κ2) is 2.82. The molecule has 0 aliphatic heterocycles. The van der Waals surface area contributed by atoms with E-state index in [0.29, 0.717) is 12.7 Å². The minimum Gasteiger partial charge on any atom is -0.393 e. The Morgan fingerprint density at radius 1 is 1.55 bits per heavy atom. The molecule has 4 nitrogen and oxygen atoms in total. The molecule has 0 bridgehead atoms. The zero-order valence-electron chi connectivity index (χ0n) is 6.07. The molecule has 1 fully saturated rings. The van der Waals surface area contributed by atoms with Gasteiger partial charge in [-0.15, -0.1) is 0 Å². The van der Waals surface area contributed by atoms with Gasteiger partial charge in [-0.2, -0.15) is 0 Å². The van der Waals surface area contributed by atoms with Crippen LogP contribution in [0.2, 0.25) is 0 Å². The highest BCUT2D eigenvalue weighted by Crippen LogP contribution is 2.37. The van der Waals surface area contributed by atoms with Gasteiger partial charge in [-0.3, -0.25) is 9.59 Å². The highest BCUT2D eigenvalue weighted by atomic mass is 16.6. The van der Waals surface area contributed by atoms with Gasteiger partial charge in [-0.1, -0.05) is 0 Å². The molecule has 1 aliphatic carbocycles. The number of carbonyl (C=O) groups excluding carboxylic acids is 3. The monoisotopic (exact) mass is 156 g/mol. The van der Waals surface area contributed by atoms with Crippen molar-refractivity contribution in [2.45, 2.75) is 13.3 Å². The van der Waals surface area contributed by atoms with Crippen LogP contribution < -0.4 is 0 Å². The molecular weight excluding hydrogens is 148 g/mol. The summed E-state index contributed by atoms with van der Waals surface area (Å²) in [5, 5.41) is 0. The number of hydrogen-bond acceptors (Lipinski definition) is 4. The quantitative estimate of drug-likeness (QED) is 0.318. The molecule has 1 saturated carbocycles. The summed E-state index contributed by atoms with van der Waals surface area (Å²) in [6.45, 7) is 1.16. The maximum Gasteiger partial charge on any atom is 0.317 e. The molecule has 0 radical (unpaired) electrons. The summed E-state index contributed by atoms with van der Waals surface area (Å²) in [6, 6.07) is 0. The molecule has 0 saturated heterocycles. The van der Waals surface area contributed by atoms with Gasteiger partial charge in [-0.25, -0.2) is 0 Å². The molecule has 2 unspecified atom stereocenters. The van der Waals surface area contributed by atoms with Crippen molar-refractivity contribution in [3.05, 3.63) is 0 Å². The van der Waals surface area contributed by atoms with Crippen molar-refractivity contribution in [3.63, 3.8) is 0 Å². The van der Waals surface area contributed by atoms with E-state index in [0.717, 1.165) is 6.92 Å². The molecule has 11 heavy (non-hydrogen) atoms. The van der Waals surface area contributed by atoms with Crippen molar-refractivity contribution >= 4 is 18.2 Å². The largest absolute Gasteiger partial charge is 0.393 e. The molecule has 0 heterocycles. The highest BCUT2D eigenvalue weighted by Gasteiger charge is 2.44. The average molecular weight is 156 g/mol. The van der Waals surface area contributed by atoms with Crippen molar-refractivity contribution in [3.8, 4) is 0 Å². The topological polar surface area (TPSA) is 60.4 Å². The molecule has 1 rings (SSSR count). The summed E-state index contributed by atoms with van der Waals surface area (Å²) in [7, 11) is 0. The molecule has 0 aromatic rings. The number of aldehydes is 1. The summed E-state index contributed by atoms with van der Waals surface area (Å²) in [5.41, 5.74) is 0. The third-order valence-electron chi connectivity index (χ3n) is 1.56. The SMILES string of the molecule is CC(=O)OC(=O)C1CC1C=O. The lowest BCUT2D eigenvalue weighted by molar-refractivity contribution is -0.159. The second-order valence-corrected chi connectivity index (χ2v) is 2.55. The van der Waals surface area contributed by atoms with Crippen LogP contribution in [0, 0.1) is 11.8 Å². The van der Waals surface area contributed by atoms with Crippen molar-refractivity contribution in [2.24, 2.45) is 11.8 Å². The summed E-state index contributed by atoms with van der Waals surface area (Å²) < 4.78 is 4.27. The van der Waals surface area contributed by atoms with E-state index >= 15 is 0 Å². The Balaban J connectivity index is 2.33. The smallest absolute Gasteiger partial charge is 0.317 e. The van der Waals surface area contributed by atoms with Crippen molar-refractivity contribution in [2.75, 3.05) is 0 Å². The summed E-state index contributed by atoms with van der Waals surface area (Å²) >= 11 is 0. The van der Waals surface area contributed by atoms with Gasteiger partial charge in [0.1, 0.15) is 6.29 Å². The Morgan fingerprint density at radius 3 is 2.55 bits per heavy atom. The standard InChI is InChI=1S/C7H8O4/c1-4(9)11-7(10)6-2-5(6)3-8/h3,5-6H,2H2,1H3. The van der Waals surface area contributed by atoms with E-state index in [4.69, 9.17) is 0 Å². The van der Waals surface area contributed by atoms with Gasteiger partial charge in [0, 0.05) is 12.8 Å². The van der Waals surface area contributed by atoms with E-state index in [2.05, 4.69) is 4.74 Å². The van der Waals surface area contributed by atoms with Crippen LogP contribution in [0.25, 0.3) is 0 Å². The lowest BCUT2D eigenvalue weighted by Crippen LogP contribution is -2.11. The first-order valence-electron chi connectivity index (χ1n) is 3.32. The molecule has 0 amide bonds. The lowest BCUT2D eigenvalue weighted by atomic mass is 10.3. The van der Waals surface area contributed by atoms with Crippen LogP contribution in [0.3, 0.4) is 0 Å². The van der Waals surface area contributed by atoms with Gasteiger partial charge in [0.05, 0.1) is 5.92 Å². The molecular formula is C7H8O4. The number of hydrogen-bond donors (Lipinski definition) is 0. The van der Waals surface area contributed by atoms with Crippen molar-refractivity contribution < 1.29 is 19.1 Å². The van der Waals surface area contributed by atoms with Crippen LogP contribution in [0.15, 0.2) is 0 Å². The van der Waals surface area contributed by atoms with Crippen LogP contribution in [-0.2, 0) is 19.1 Å². The first kappa shape index (κ1) is 7.91. The predicted octanol–water partition coefficient (Wildman–Crippen LogP) is -0.0889. The highest BCUT2D eigenvalue weighted by molar-refractivity contribution is 5.89. The van der Waals surface area contributed by atoms with Crippen molar-refractivity contribution in [1.82, 2.24) is 0 Å². The van der Waals surface area contributed by atoms with Crippen LogP contribution >= 0.6 is 0 Å². The normalized spacial score (nSPS) is 27.4. The molecule has 2 atom stereocenters. The maximum atomic E-state index is 10.8. The molecule has 4 heteroatoms. The number of carbonyl (C=O) groups is 3. The van der Waals surface area contributed by atoms with Gasteiger partial charge in [0.25, 0.3) is 0 Å². The third-order valence-corrected chi connectivity index (χ3v) is 1.56. The molecule has 60 valence electrons. The molecule has 0 spiro atoms. The van der Waals surface area contributed by atoms with Crippen LogP contribution in [0.4, 0.5) is 0 Å². The Labute approximate surface area is 63.5 Å². The van der Waals surface area contributed by atoms with Gasteiger partial charge in [0.2, 0.25) is 0 Å². The zero-order chi connectivity index (χ0) is 8.43. The summed E-state index contributed by atoms with van der Waals surface area (Å²) in [5.74, 6) is -1.78. The van der Waals surface area contributed by atoms with E-state index in [1.165, 1.54) is 0 Å². The van der Waals surface area contributed by atoms with Crippen LogP contribution in [-0.4, -0.2) is 18.2 Å². The number of ether oxygens (including phenoxy) is 1. The van der Waals surface area contributed by atoms with E-state index in [1.54, 1.807) is 0 Å². The molecule has 0 aromatic carbocycles. The fraction of sp³-hybridized carbons (Fsp3) is 0.571. The van der Waals surface area contributed by atoms with E-state index in [-0.39, 0.29) is 11.8 Å². The minimum absolute atomic E-state index is 0.221. The third kappa shape index (κ3) is 1.86. The van der Waals surface area contributed by atoms with E-state index in [1.807, 2.05) is 0 Å². The number of rotatable bonds is 2. The Kier molecular flexibility index (Phi) is 2.03. The first-order valence-corrected chi connectivity index (χ1v) is 3.32. The Bertz CT molecular complexity index is 208. The lowest BCUT2D eigenvalue weighted by Gasteiger charge is -1.94. The number of esters is 2. The van der Waals surface area contributed by atoms with E-state index < -0.39 is 11.9 Å². The van der Waals surface area contributed by atoms with Gasteiger partial charge in [0.15, 0.2) is 0 Å². The molecule has 0 aromatic heterocycles. The zero-order valence-corrected chi connectivity index (χ0v) is 6.07. The summed E-state index contributed by atoms with van der Waals surface area (Å²) in [6.07, 6.45) is 1.24. The fourth-order valence-electron chi connectivity index (χ4n) is 0.853. The fourth-order valence-corrected chi connectivity index (χ4v) is 0.853. The predicted molar refractivity (Wildman–Crippen MR) is 34.4 cm³/mol. The second-order valence-electron chi connectivity index (χ2n) is 2.55. The van der Waals surface area contributed by atoms with Gasteiger partial charge in [-0.05, 0) is 6.42 Å². The summed E-state index contributed by atoms with van der Waals surface area (Å²) in [4.78, 5) is 31.1. The van der Waals surface area contributed by atoms with Crippen molar-refractivity contribution in [1.29, 1.82) is 0 Å². The Hall–Kier alpha value is -1.19. The Morgan fingerprint density at radius 2 is 2.18 bits per heavy atom. The first-order chi connectivity index (χ1) is 5.15. The van der Waals surface area contributed by atoms with Crippen LogP contribution in [0.5, 0.6) is 0 Å². The minimum atomic E-state index is -0.619. The van der Waals surface area contributed by atoms with E-state index in [9.17, 15) is 14.4 Å². The van der Waals surface area contributed by atoms with Gasteiger partial charge < -0.3 is 9.53 Å².